The lowest BCUT2D eigenvalue weighted by molar-refractivity contribution is 0.102. The number of anilines is 1. The molecule has 0 bridgehead atoms. The van der Waals surface area contributed by atoms with Gasteiger partial charge in [0.15, 0.2) is 11.6 Å². The van der Waals surface area contributed by atoms with Gasteiger partial charge in [0.25, 0.3) is 0 Å². The first-order valence-corrected chi connectivity index (χ1v) is 7.53. The molecule has 8 heteroatoms. The van der Waals surface area contributed by atoms with Crippen LogP contribution in [0.3, 0.4) is 0 Å². The molecule has 112 valence electrons. The summed E-state index contributed by atoms with van der Waals surface area (Å²) < 4.78 is 58.2. The summed E-state index contributed by atoms with van der Waals surface area (Å²) >= 11 is 0. The molecule has 2 atom stereocenters. The molecule has 0 aromatic heterocycles. The van der Waals surface area contributed by atoms with Crippen molar-refractivity contribution in [3.8, 4) is 0 Å². The molecular weight excluding hydrogens is 290 g/mol. The maximum Gasteiger partial charge on any atom is 0.246 e. The summed E-state index contributed by atoms with van der Waals surface area (Å²) in [6.45, 7) is 2.17. The summed E-state index contributed by atoms with van der Waals surface area (Å²) in [5.41, 5.74) is 5.24. The topological polar surface area (TPSA) is 72.6 Å². The summed E-state index contributed by atoms with van der Waals surface area (Å²) in [4.78, 5) is -0.753. The number of nitrogens with zero attached hydrogens (tertiary/aromatic N) is 1. The van der Waals surface area contributed by atoms with Crippen LogP contribution in [0, 0.1) is 11.6 Å². The Morgan fingerprint density at radius 1 is 1.40 bits per heavy atom. The van der Waals surface area contributed by atoms with Crippen LogP contribution in [0.5, 0.6) is 0 Å². The number of hydrogen-bond donors (Lipinski definition) is 1. The molecule has 1 fully saturated rings. The Morgan fingerprint density at radius 2 is 2.05 bits per heavy atom. The predicted molar refractivity (Wildman–Crippen MR) is 69.5 cm³/mol. The van der Waals surface area contributed by atoms with Crippen LogP contribution in [-0.4, -0.2) is 38.5 Å². The molecule has 1 aromatic carbocycles. The smallest absolute Gasteiger partial charge is 0.246 e. The number of halogens is 2. The standard InChI is InChI=1S/C12H16F2N2O3S/c1-7-10(3-4-19-7)16(2)20(17,18)11-6-8(15)5-9(13)12(11)14/h5-7,10H,3-4,15H2,1-2H3. The van der Waals surface area contributed by atoms with Crippen LogP contribution in [-0.2, 0) is 14.8 Å². The van der Waals surface area contributed by atoms with Crippen molar-refractivity contribution in [1.82, 2.24) is 4.31 Å². The van der Waals surface area contributed by atoms with Gasteiger partial charge < -0.3 is 10.5 Å². The van der Waals surface area contributed by atoms with Gasteiger partial charge in [-0.15, -0.1) is 0 Å². The van der Waals surface area contributed by atoms with Crippen LogP contribution in [0.1, 0.15) is 13.3 Å². The van der Waals surface area contributed by atoms with Crippen molar-refractivity contribution in [2.75, 3.05) is 19.4 Å². The van der Waals surface area contributed by atoms with E-state index in [4.69, 9.17) is 10.5 Å². The summed E-state index contributed by atoms with van der Waals surface area (Å²) in [5.74, 6) is -2.70. The molecule has 1 aromatic rings. The van der Waals surface area contributed by atoms with E-state index in [1.165, 1.54) is 7.05 Å². The van der Waals surface area contributed by atoms with E-state index in [1.807, 2.05) is 0 Å². The predicted octanol–water partition coefficient (Wildman–Crippen LogP) is 1.34. The first-order chi connectivity index (χ1) is 9.25. The molecule has 0 amide bonds. The van der Waals surface area contributed by atoms with E-state index >= 15 is 0 Å². The molecule has 0 aliphatic carbocycles. The van der Waals surface area contributed by atoms with Crippen molar-refractivity contribution in [2.45, 2.75) is 30.4 Å². The minimum atomic E-state index is -4.17. The van der Waals surface area contributed by atoms with Gasteiger partial charge in [0.1, 0.15) is 4.90 Å². The highest BCUT2D eigenvalue weighted by Crippen LogP contribution is 2.28. The number of benzene rings is 1. The highest BCUT2D eigenvalue weighted by Gasteiger charge is 2.37. The van der Waals surface area contributed by atoms with E-state index in [0.717, 1.165) is 16.4 Å². The molecule has 1 aliphatic heterocycles. The fourth-order valence-electron chi connectivity index (χ4n) is 2.30. The average molecular weight is 306 g/mol. The third-order valence-corrected chi connectivity index (χ3v) is 5.36. The first-order valence-electron chi connectivity index (χ1n) is 6.09. The zero-order valence-corrected chi connectivity index (χ0v) is 12.0. The van der Waals surface area contributed by atoms with Gasteiger partial charge in [-0.05, 0) is 25.5 Å². The van der Waals surface area contributed by atoms with Crippen molar-refractivity contribution in [2.24, 2.45) is 0 Å². The van der Waals surface area contributed by atoms with Crippen molar-refractivity contribution in [3.05, 3.63) is 23.8 Å². The number of nitrogens with two attached hydrogens (primary N) is 1. The molecule has 2 unspecified atom stereocenters. The summed E-state index contributed by atoms with van der Waals surface area (Å²) in [6.07, 6.45) is 0.201. The zero-order valence-electron chi connectivity index (χ0n) is 11.1. The highest BCUT2D eigenvalue weighted by atomic mass is 32.2. The average Bonchev–Trinajstić information content (AvgIpc) is 2.78. The highest BCUT2D eigenvalue weighted by molar-refractivity contribution is 7.89. The molecule has 5 nitrogen and oxygen atoms in total. The molecule has 1 saturated heterocycles. The monoisotopic (exact) mass is 306 g/mol. The van der Waals surface area contributed by atoms with Gasteiger partial charge in [-0.2, -0.15) is 4.31 Å². The lowest BCUT2D eigenvalue weighted by Crippen LogP contribution is -2.41. The summed E-state index contributed by atoms with van der Waals surface area (Å²) in [5, 5.41) is 0. The van der Waals surface area contributed by atoms with E-state index in [-0.39, 0.29) is 11.8 Å². The van der Waals surface area contributed by atoms with E-state index < -0.39 is 32.6 Å². The van der Waals surface area contributed by atoms with Crippen molar-refractivity contribution in [3.63, 3.8) is 0 Å². The summed E-state index contributed by atoms with van der Waals surface area (Å²) in [6, 6.07) is 1.25. The van der Waals surface area contributed by atoms with Gasteiger partial charge in [-0.25, -0.2) is 17.2 Å². The largest absolute Gasteiger partial charge is 0.399 e. The van der Waals surface area contributed by atoms with Crippen LogP contribution >= 0.6 is 0 Å². The van der Waals surface area contributed by atoms with Gasteiger partial charge >= 0.3 is 0 Å². The third-order valence-electron chi connectivity index (χ3n) is 3.48. The fourth-order valence-corrected chi connectivity index (χ4v) is 3.86. The Balaban J connectivity index is 2.45. The summed E-state index contributed by atoms with van der Waals surface area (Å²) in [7, 11) is -2.85. The van der Waals surface area contributed by atoms with Crippen molar-refractivity contribution in [1.29, 1.82) is 0 Å². The van der Waals surface area contributed by atoms with Gasteiger partial charge in [0.05, 0.1) is 12.1 Å². The molecule has 0 spiro atoms. The second kappa shape index (κ2) is 5.27. The Kier molecular flexibility index (Phi) is 3.99. The normalized spacial score (nSPS) is 23.4. The number of rotatable bonds is 3. The van der Waals surface area contributed by atoms with Crippen LogP contribution in [0.4, 0.5) is 14.5 Å². The second-order valence-corrected chi connectivity index (χ2v) is 6.73. The molecule has 2 rings (SSSR count). The van der Waals surface area contributed by atoms with Crippen molar-refractivity contribution >= 4 is 15.7 Å². The van der Waals surface area contributed by atoms with E-state index in [2.05, 4.69) is 0 Å². The SMILES string of the molecule is CC1OCCC1N(C)S(=O)(=O)c1cc(N)cc(F)c1F. The minimum absolute atomic E-state index is 0.147. The Bertz CT molecular complexity index is 621. The lowest BCUT2D eigenvalue weighted by Gasteiger charge is -2.26. The Labute approximate surface area is 116 Å². The van der Waals surface area contributed by atoms with Gasteiger partial charge in [-0.1, -0.05) is 0 Å². The Morgan fingerprint density at radius 3 is 2.60 bits per heavy atom. The third kappa shape index (κ3) is 2.50. The molecular formula is C12H16F2N2O3S. The number of nitrogen functional groups attached to an aromatic ring is 1. The van der Waals surface area contributed by atoms with Crippen molar-refractivity contribution < 1.29 is 21.9 Å². The van der Waals surface area contributed by atoms with Gasteiger partial charge in [0, 0.05) is 19.3 Å². The van der Waals surface area contributed by atoms with Gasteiger partial charge in [-0.3, -0.25) is 0 Å². The number of ether oxygens (including phenoxy) is 1. The van der Waals surface area contributed by atoms with E-state index in [0.29, 0.717) is 13.0 Å². The zero-order chi connectivity index (χ0) is 15.1. The molecule has 1 aliphatic rings. The maximum atomic E-state index is 13.8. The van der Waals surface area contributed by atoms with E-state index in [1.54, 1.807) is 6.92 Å². The number of hydrogen-bond acceptors (Lipinski definition) is 4. The number of sulfonamides is 1. The first kappa shape index (κ1) is 15.1. The lowest BCUT2D eigenvalue weighted by atomic mass is 10.2. The minimum Gasteiger partial charge on any atom is -0.399 e. The fraction of sp³-hybridized carbons (Fsp3) is 0.500. The molecule has 0 saturated carbocycles. The molecule has 1 heterocycles. The van der Waals surface area contributed by atoms with Gasteiger partial charge in [0.2, 0.25) is 10.0 Å². The van der Waals surface area contributed by atoms with Crippen LogP contribution in [0.25, 0.3) is 0 Å². The second-order valence-electron chi connectivity index (χ2n) is 4.77. The Hall–Kier alpha value is -1.25. The molecule has 20 heavy (non-hydrogen) atoms. The van der Waals surface area contributed by atoms with E-state index in [9.17, 15) is 17.2 Å². The van der Waals surface area contributed by atoms with Crippen LogP contribution < -0.4 is 5.73 Å². The van der Waals surface area contributed by atoms with Crippen LogP contribution in [0.2, 0.25) is 0 Å². The molecule has 2 N–H and O–H groups in total. The number of likely N-dealkylation sites (N-methyl/N-ethyl adjacent to an activating group) is 1. The van der Waals surface area contributed by atoms with Crippen LogP contribution in [0.15, 0.2) is 17.0 Å². The quantitative estimate of drug-likeness (QED) is 0.856. The maximum absolute atomic E-state index is 13.8. The molecule has 0 radical (unpaired) electrons.